The van der Waals surface area contributed by atoms with Crippen LogP contribution in [0.4, 0.5) is 5.69 Å². The molecule has 2 heterocycles. The summed E-state index contributed by atoms with van der Waals surface area (Å²) in [5.74, 6) is 0.375. The van der Waals surface area contributed by atoms with Crippen molar-refractivity contribution in [3.63, 3.8) is 0 Å². The summed E-state index contributed by atoms with van der Waals surface area (Å²) in [7, 11) is -3.46. The largest absolute Gasteiger partial charge is 0.317 e. The first-order valence-corrected chi connectivity index (χ1v) is 11.5. The molecule has 148 valence electrons. The molecule has 1 aliphatic carbocycles. The zero-order chi connectivity index (χ0) is 19.2. The van der Waals surface area contributed by atoms with Crippen LogP contribution in [0.2, 0.25) is 0 Å². The molecule has 0 aromatic heterocycles. The quantitative estimate of drug-likeness (QED) is 0.833. The number of nitrogens with zero attached hydrogens (tertiary/aromatic N) is 2. The molecule has 1 spiro atoms. The average Bonchev–Trinajstić information content (AvgIpc) is 3.18. The third-order valence-corrected chi connectivity index (χ3v) is 8.69. The van der Waals surface area contributed by atoms with E-state index < -0.39 is 10.0 Å². The van der Waals surface area contributed by atoms with Crippen LogP contribution < -0.4 is 10.2 Å². The minimum atomic E-state index is -3.46. The van der Waals surface area contributed by atoms with Gasteiger partial charge in [-0.2, -0.15) is 4.31 Å². The Hall–Kier alpha value is -1.44. The van der Waals surface area contributed by atoms with Crippen molar-refractivity contribution in [1.29, 1.82) is 0 Å². The molecule has 2 fully saturated rings. The molecule has 4 rings (SSSR count). The van der Waals surface area contributed by atoms with Gasteiger partial charge in [0.2, 0.25) is 15.9 Å². The fraction of sp³-hybridized carbons (Fsp3) is 0.650. The zero-order valence-corrected chi connectivity index (χ0v) is 17.0. The maximum absolute atomic E-state index is 13.1. The standard InChI is InChI=1S/C20H29N3O3S/c1-3-22(4-2)27(25,26)16-5-6-18-15(13-16)7-12-23(18)19(24)17-14-20(17)8-10-21-11-9-20/h5-6,13,17,21H,3-4,7-12,14H2,1-2H3. The Kier molecular flexibility index (Phi) is 4.81. The SMILES string of the molecule is CCN(CC)S(=O)(=O)c1ccc2c(c1)CCN2C(=O)C1CC12CCNCC2. The number of carbonyl (C=O) groups excluding carboxylic acids is 1. The third-order valence-electron chi connectivity index (χ3n) is 6.64. The van der Waals surface area contributed by atoms with E-state index in [4.69, 9.17) is 0 Å². The Balaban J connectivity index is 1.55. The first-order chi connectivity index (χ1) is 12.9. The van der Waals surface area contributed by atoms with Crippen molar-refractivity contribution < 1.29 is 13.2 Å². The second-order valence-corrected chi connectivity index (χ2v) is 9.93. The van der Waals surface area contributed by atoms with Gasteiger partial charge in [-0.1, -0.05) is 13.8 Å². The number of amides is 1. The van der Waals surface area contributed by atoms with Gasteiger partial charge in [-0.3, -0.25) is 4.79 Å². The Labute approximate surface area is 162 Å². The molecule has 7 heteroatoms. The van der Waals surface area contributed by atoms with Crippen LogP contribution in [0.15, 0.2) is 23.1 Å². The highest BCUT2D eigenvalue weighted by molar-refractivity contribution is 7.89. The number of hydrogen-bond donors (Lipinski definition) is 1. The van der Waals surface area contributed by atoms with Crippen LogP contribution in [-0.2, 0) is 21.2 Å². The second kappa shape index (κ2) is 6.87. The van der Waals surface area contributed by atoms with Gasteiger partial charge in [0.05, 0.1) is 4.90 Å². The van der Waals surface area contributed by atoms with E-state index in [1.807, 2.05) is 24.8 Å². The maximum Gasteiger partial charge on any atom is 0.243 e. The summed E-state index contributed by atoms with van der Waals surface area (Å²) in [5, 5.41) is 3.38. The highest BCUT2D eigenvalue weighted by atomic mass is 32.2. The van der Waals surface area contributed by atoms with Gasteiger partial charge < -0.3 is 10.2 Å². The average molecular weight is 392 g/mol. The molecule has 1 aromatic carbocycles. The summed E-state index contributed by atoms with van der Waals surface area (Å²) in [5.41, 5.74) is 2.09. The fourth-order valence-electron chi connectivity index (χ4n) is 4.84. The predicted molar refractivity (Wildman–Crippen MR) is 105 cm³/mol. The monoisotopic (exact) mass is 391 g/mol. The van der Waals surface area contributed by atoms with Crippen LogP contribution >= 0.6 is 0 Å². The van der Waals surface area contributed by atoms with Gasteiger partial charge in [0, 0.05) is 31.2 Å². The van der Waals surface area contributed by atoms with Gasteiger partial charge in [-0.05, 0) is 68.0 Å². The van der Waals surface area contributed by atoms with Crippen molar-refractivity contribution >= 4 is 21.6 Å². The molecule has 1 aromatic rings. The van der Waals surface area contributed by atoms with Crippen LogP contribution in [-0.4, -0.2) is 51.4 Å². The van der Waals surface area contributed by atoms with Crippen LogP contribution in [0.1, 0.15) is 38.7 Å². The molecule has 1 atom stereocenters. The number of carbonyl (C=O) groups is 1. The Morgan fingerprint density at radius 1 is 1.26 bits per heavy atom. The molecule has 1 N–H and O–H groups in total. The summed E-state index contributed by atoms with van der Waals surface area (Å²) in [6.07, 6.45) is 3.91. The lowest BCUT2D eigenvalue weighted by molar-refractivity contribution is -0.120. The maximum atomic E-state index is 13.1. The molecule has 1 saturated heterocycles. The number of sulfonamides is 1. The smallest absolute Gasteiger partial charge is 0.243 e. The Bertz CT molecular complexity index is 842. The number of fused-ring (bicyclic) bond motifs is 1. The lowest BCUT2D eigenvalue weighted by atomic mass is 9.91. The molecule has 6 nitrogen and oxygen atoms in total. The molecule has 1 unspecified atom stereocenters. The van der Waals surface area contributed by atoms with E-state index >= 15 is 0 Å². The van der Waals surface area contributed by atoms with E-state index in [0.717, 1.165) is 50.0 Å². The van der Waals surface area contributed by atoms with E-state index in [1.165, 1.54) is 4.31 Å². The van der Waals surface area contributed by atoms with Crippen molar-refractivity contribution in [2.75, 3.05) is 37.6 Å². The number of anilines is 1. The summed E-state index contributed by atoms with van der Waals surface area (Å²) < 4.78 is 27.0. The molecule has 2 aliphatic heterocycles. The Morgan fingerprint density at radius 2 is 1.96 bits per heavy atom. The molecule has 27 heavy (non-hydrogen) atoms. The van der Waals surface area contributed by atoms with Crippen LogP contribution in [0, 0.1) is 11.3 Å². The third kappa shape index (κ3) is 3.09. The minimum absolute atomic E-state index is 0.143. The normalized spacial score (nSPS) is 23.7. The van der Waals surface area contributed by atoms with Gasteiger partial charge in [0.1, 0.15) is 0 Å². The predicted octanol–water partition coefficient (Wildman–Crippen LogP) is 2.00. The molecule has 0 bridgehead atoms. The minimum Gasteiger partial charge on any atom is -0.317 e. The van der Waals surface area contributed by atoms with E-state index in [-0.39, 0.29) is 17.2 Å². The molecule has 0 radical (unpaired) electrons. The van der Waals surface area contributed by atoms with Crippen molar-refractivity contribution in [2.24, 2.45) is 11.3 Å². The van der Waals surface area contributed by atoms with Crippen LogP contribution in [0.5, 0.6) is 0 Å². The molecule has 1 amide bonds. The number of benzene rings is 1. The second-order valence-electron chi connectivity index (χ2n) is 7.99. The van der Waals surface area contributed by atoms with Gasteiger partial charge >= 0.3 is 0 Å². The van der Waals surface area contributed by atoms with Crippen molar-refractivity contribution in [3.8, 4) is 0 Å². The molecule has 3 aliphatic rings. The van der Waals surface area contributed by atoms with Crippen molar-refractivity contribution in [3.05, 3.63) is 23.8 Å². The first kappa shape index (κ1) is 18.9. The lowest BCUT2D eigenvalue weighted by Gasteiger charge is -2.25. The lowest BCUT2D eigenvalue weighted by Crippen LogP contribution is -2.35. The number of piperidine rings is 1. The van der Waals surface area contributed by atoms with Gasteiger partial charge in [-0.25, -0.2) is 8.42 Å². The van der Waals surface area contributed by atoms with E-state index in [2.05, 4.69) is 5.32 Å². The summed E-state index contributed by atoms with van der Waals surface area (Å²) in [4.78, 5) is 15.3. The van der Waals surface area contributed by atoms with E-state index in [9.17, 15) is 13.2 Å². The van der Waals surface area contributed by atoms with Gasteiger partial charge in [-0.15, -0.1) is 0 Å². The molecular formula is C20H29N3O3S. The van der Waals surface area contributed by atoms with Crippen LogP contribution in [0.25, 0.3) is 0 Å². The molecule has 1 saturated carbocycles. The highest BCUT2D eigenvalue weighted by Crippen LogP contribution is 2.59. The Morgan fingerprint density at radius 3 is 2.63 bits per heavy atom. The highest BCUT2D eigenvalue weighted by Gasteiger charge is 2.59. The zero-order valence-electron chi connectivity index (χ0n) is 16.2. The summed E-state index contributed by atoms with van der Waals surface area (Å²) in [6, 6.07) is 5.25. The van der Waals surface area contributed by atoms with Crippen molar-refractivity contribution in [2.45, 2.75) is 44.4 Å². The topological polar surface area (TPSA) is 69.7 Å². The van der Waals surface area contributed by atoms with Gasteiger partial charge in [0.25, 0.3) is 0 Å². The van der Waals surface area contributed by atoms with Crippen molar-refractivity contribution in [1.82, 2.24) is 9.62 Å². The first-order valence-electron chi connectivity index (χ1n) is 10.1. The fourth-order valence-corrected chi connectivity index (χ4v) is 6.35. The summed E-state index contributed by atoms with van der Waals surface area (Å²) >= 11 is 0. The number of nitrogens with one attached hydrogen (secondary N) is 1. The van der Waals surface area contributed by atoms with E-state index in [0.29, 0.717) is 24.5 Å². The van der Waals surface area contributed by atoms with E-state index in [1.54, 1.807) is 12.1 Å². The van der Waals surface area contributed by atoms with Crippen LogP contribution in [0.3, 0.4) is 0 Å². The molecular weight excluding hydrogens is 362 g/mol. The number of hydrogen-bond acceptors (Lipinski definition) is 4. The number of rotatable bonds is 5. The summed E-state index contributed by atoms with van der Waals surface area (Å²) in [6.45, 7) is 7.29. The van der Waals surface area contributed by atoms with Gasteiger partial charge in [0.15, 0.2) is 0 Å².